The standard InChI is InChI=1S/C23H21F3N4O/c1-13-6-7-16(20-14(2)29-31-15(20)3)10-19(13)30(5)17-11-18(23(24,25)26)21(28-12-17)22(27-4)8-9-22/h6-7,10-12H,8-9H2,1-3,5H3. The van der Waals surface area contributed by atoms with E-state index in [9.17, 15) is 13.2 Å². The Morgan fingerprint density at radius 1 is 1.16 bits per heavy atom. The molecule has 8 heteroatoms. The van der Waals surface area contributed by atoms with E-state index in [4.69, 9.17) is 11.1 Å². The maximum atomic E-state index is 13.8. The van der Waals surface area contributed by atoms with Crippen LogP contribution in [0.5, 0.6) is 0 Å². The fraction of sp³-hybridized carbons (Fsp3) is 0.348. The normalized spacial score (nSPS) is 14.9. The highest BCUT2D eigenvalue weighted by Crippen LogP contribution is 2.52. The lowest BCUT2D eigenvalue weighted by molar-refractivity contribution is -0.138. The zero-order chi connectivity index (χ0) is 22.6. The molecule has 2 heterocycles. The van der Waals surface area contributed by atoms with Gasteiger partial charge >= 0.3 is 6.18 Å². The third-order valence-electron chi connectivity index (χ3n) is 5.84. The van der Waals surface area contributed by atoms with E-state index in [1.807, 2.05) is 39.0 Å². The first kappa shape index (κ1) is 20.9. The summed E-state index contributed by atoms with van der Waals surface area (Å²) in [4.78, 5) is 9.25. The summed E-state index contributed by atoms with van der Waals surface area (Å²) >= 11 is 0. The lowest BCUT2D eigenvalue weighted by atomic mass is 10.0. The molecular weight excluding hydrogens is 405 g/mol. The summed E-state index contributed by atoms with van der Waals surface area (Å²) in [7, 11) is 1.71. The Labute approximate surface area is 178 Å². The van der Waals surface area contributed by atoms with Gasteiger partial charge in [-0.1, -0.05) is 17.3 Å². The van der Waals surface area contributed by atoms with Crippen molar-refractivity contribution < 1.29 is 17.7 Å². The molecule has 0 aliphatic heterocycles. The van der Waals surface area contributed by atoms with Crippen molar-refractivity contribution in [2.75, 3.05) is 11.9 Å². The third-order valence-corrected chi connectivity index (χ3v) is 5.84. The molecule has 4 rings (SSSR count). The van der Waals surface area contributed by atoms with Gasteiger partial charge in [0.15, 0.2) is 0 Å². The molecule has 0 unspecified atom stereocenters. The second-order valence-electron chi connectivity index (χ2n) is 7.99. The van der Waals surface area contributed by atoms with Gasteiger partial charge in [-0.25, -0.2) is 11.6 Å². The fourth-order valence-corrected chi connectivity index (χ4v) is 3.90. The molecule has 1 fully saturated rings. The fourth-order valence-electron chi connectivity index (χ4n) is 3.90. The van der Waals surface area contributed by atoms with E-state index < -0.39 is 17.3 Å². The minimum absolute atomic E-state index is 0.173. The third kappa shape index (κ3) is 3.54. The molecule has 5 nitrogen and oxygen atoms in total. The second kappa shape index (κ2) is 7.12. The Morgan fingerprint density at radius 3 is 2.42 bits per heavy atom. The highest BCUT2D eigenvalue weighted by atomic mass is 19.4. The van der Waals surface area contributed by atoms with Gasteiger partial charge < -0.3 is 14.3 Å². The summed E-state index contributed by atoms with van der Waals surface area (Å²) in [6.07, 6.45) is -2.37. The Hall–Kier alpha value is -3.34. The molecule has 0 N–H and O–H groups in total. The number of rotatable bonds is 4. The molecule has 0 spiro atoms. The first-order valence-corrected chi connectivity index (χ1v) is 9.81. The van der Waals surface area contributed by atoms with Gasteiger partial charge in [0.25, 0.3) is 5.54 Å². The van der Waals surface area contributed by atoms with Crippen molar-refractivity contribution >= 4 is 11.4 Å². The number of anilines is 2. The topological polar surface area (TPSA) is 46.5 Å². The van der Waals surface area contributed by atoms with Crippen LogP contribution >= 0.6 is 0 Å². The van der Waals surface area contributed by atoms with Gasteiger partial charge in [-0.15, -0.1) is 0 Å². The van der Waals surface area contributed by atoms with Crippen LogP contribution in [0.4, 0.5) is 24.5 Å². The molecule has 0 radical (unpaired) electrons. The van der Waals surface area contributed by atoms with Gasteiger partial charge in [-0.2, -0.15) is 13.2 Å². The summed E-state index contributed by atoms with van der Waals surface area (Å²) in [5.74, 6) is 0.675. The van der Waals surface area contributed by atoms with Crippen LogP contribution in [0.2, 0.25) is 0 Å². The molecule has 160 valence electrons. The molecule has 0 amide bonds. The van der Waals surface area contributed by atoms with Crippen LogP contribution in [-0.4, -0.2) is 17.2 Å². The van der Waals surface area contributed by atoms with E-state index in [0.29, 0.717) is 24.3 Å². The van der Waals surface area contributed by atoms with Crippen LogP contribution in [0.15, 0.2) is 35.0 Å². The highest BCUT2D eigenvalue weighted by molar-refractivity contribution is 5.76. The lowest BCUT2D eigenvalue weighted by Gasteiger charge is -2.24. The Bertz CT molecular complexity index is 1180. The Balaban J connectivity index is 1.79. The van der Waals surface area contributed by atoms with Crippen LogP contribution in [0.3, 0.4) is 0 Å². The van der Waals surface area contributed by atoms with Crippen molar-refractivity contribution in [1.82, 2.24) is 10.1 Å². The monoisotopic (exact) mass is 426 g/mol. The molecular formula is C23H21F3N4O. The van der Waals surface area contributed by atoms with Gasteiger partial charge in [-0.3, -0.25) is 0 Å². The molecule has 1 aromatic carbocycles. The molecule has 3 aromatic rings. The second-order valence-corrected chi connectivity index (χ2v) is 7.99. The van der Waals surface area contributed by atoms with E-state index in [1.54, 1.807) is 11.9 Å². The number of pyridine rings is 1. The molecule has 1 saturated carbocycles. The minimum atomic E-state index is -4.59. The first-order valence-electron chi connectivity index (χ1n) is 9.81. The summed E-state index contributed by atoms with van der Waals surface area (Å²) in [6, 6.07) is 6.85. The van der Waals surface area contributed by atoms with E-state index in [1.165, 1.54) is 6.20 Å². The highest BCUT2D eigenvalue weighted by Gasteiger charge is 2.58. The van der Waals surface area contributed by atoms with Crippen molar-refractivity contribution in [3.05, 3.63) is 70.2 Å². The van der Waals surface area contributed by atoms with Crippen LogP contribution in [0.25, 0.3) is 16.0 Å². The van der Waals surface area contributed by atoms with Gasteiger partial charge in [0.2, 0.25) is 0 Å². The molecule has 1 aliphatic carbocycles. The van der Waals surface area contributed by atoms with Crippen LogP contribution in [-0.2, 0) is 11.7 Å². The largest absolute Gasteiger partial charge is 0.418 e. The number of aryl methyl sites for hydroxylation is 3. The molecule has 0 atom stereocenters. The van der Waals surface area contributed by atoms with Gasteiger partial charge in [0, 0.05) is 31.1 Å². The summed E-state index contributed by atoms with van der Waals surface area (Å²) in [5.41, 5.74) is 2.27. The van der Waals surface area contributed by atoms with E-state index in [2.05, 4.69) is 15.0 Å². The zero-order valence-electron chi connectivity index (χ0n) is 17.6. The van der Waals surface area contributed by atoms with Crippen LogP contribution < -0.4 is 4.90 Å². The quantitative estimate of drug-likeness (QED) is 0.456. The molecule has 0 saturated heterocycles. The van der Waals surface area contributed by atoms with Crippen LogP contribution in [0, 0.1) is 27.3 Å². The number of nitrogens with zero attached hydrogens (tertiary/aromatic N) is 4. The van der Waals surface area contributed by atoms with Crippen molar-refractivity contribution in [2.24, 2.45) is 0 Å². The van der Waals surface area contributed by atoms with E-state index in [0.717, 1.165) is 34.1 Å². The van der Waals surface area contributed by atoms with Gasteiger partial charge in [0.1, 0.15) is 11.5 Å². The predicted octanol–water partition coefficient (Wildman–Crippen LogP) is 6.36. The van der Waals surface area contributed by atoms with Crippen molar-refractivity contribution in [1.29, 1.82) is 0 Å². The Kier molecular flexibility index (Phi) is 4.80. The van der Waals surface area contributed by atoms with Crippen LogP contribution in [0.1, 0.15) is 41.1 Å². The smallest absolute Gasteiger partial charge is 0.361 e. The number of benzene rings is 1. The summed E-state index contributed by atoms with van der Waals surface area (Å²) in [5, 5.41) is 3.99. The summed E-state index contributed by atoms with van der Waals surface area (Å²) < 4.78 is 46.7. The van der Waals surface area contributed by atoms with E-state index in [-0.39, 0.29) is 5.69 Å². The maximum absolute atomic E-state index is 13.8. The first-order chi connectivity index (χ1) is 14.6. The molecule has 31 heavy (non-hydrogen) atoms. The van der Waals surface area contributed by atoms with Gasteiger partial charge in [-0.05, 0) is 44.0 Å². The van der Waals surface area contributed by atoms with Gasteiger partial charge in [0.05, 0.1) is 23.1 Å². The van der Waals surface area contributed by atoms with Crippen molar-refractivity contribution in [3.8, 4) is 11.1 Å². The SMILES string of the molecule is [C-]#[N+]C1(c2ncc(N(C)c3cc(-c4c(C)noc4C)ccc3C)cc2C(F)(F)F)CC1. The number of alkyl halides is 3. The zero-order valence-corrected chi connectivity index (χ0v) is 17.6. The summed E-state index contributed by atoms with van der Waals surface area (Å²) in [6.45, 7) is 12.9. The van der Waals surface area contributed by atoms with Crippen molar-refractivity contribution in [3.63, 3.8) is 0 Å². The average Bonchev–Trinajstić information content (AvgIpc) is 3.46. The van der Waals surface area contributed by atoms with E-state index >= 15 is 0 Å². The number of halogens is 3. The number of hydrogen-bond acceptors (Lipinski definition) is 4. The predicted molar refractivity (Wildman–Crippen MR) is 111 cm³/mol. The Morgan fingerprint density at radius 2 is 1.87 bits per heavy atom. The van der Waals surface area contributed by atoms with Crippen molar-refractivity contribution in [2.45, 2.75) is 45.3 Å². The average molecular weight is 426 g/mol. The maximum Gasteiger partial charge on any atom is 0.418 e. The number of aromatic nitrogens is 2. The molecule has 1 aliphatic rings. The lowest BCUT2D eigenvalue weighted by Crippen LogP contribution is -2.19. The number of hydrogen-bond donors (Lipinski definition) is 0. The molecule has 2 aromatic heterocycles. The molecule has 0 bridgehead atoms. The minimum Gasteiger partial charge on any atom is -0.361 e.